The minimum Gasteiger partial charge on any atom is -0.468 e. The Labute approximate surface area is 117 Å². The fourth-order valence-corrected chi connectivity index (χ4v) is 2.84. The zero-order valence-electron chi connectivity index (χ0n) is 12.4. The van der Waals surface area contributed by atoms with Gasteiger partial charge >= 0.3 is 5.97 Å². The molecule has 3 nitrogen and oxygen atoms in total. The molecule has 0 spiro atoms. The van der Waals surface area contributed by atoms with Crippen LogP contribution in [-0.4, -0.2) is 24.3 Å². The lowest BCUT2D eigenvalue weighted by atomic mass is 9.81. The van der Waals surface area contributed by atoms with Crippen LogP contribution in [0.4, 0.5) is 0 Å². The van der Waals surface area contributed by atoms with E-state index in [1.807, 2.05) is 6.08 Å². The van der Waals surface area contributed by atoms with Crippen molar-refractivity contribution in [1.82, 2.24) is 0 Å². The topological polar surface area (TPSA) is 46.5 Å². The first-order valence-corrected chi connectivity index (χ1v) is 7.60. The minimum absolute atomic E-state index is 0.203. The molecule has 0 radical (unpaired) electrons. The van der Waals surface area contributed by atoms with Gasteiger partial charge in [0.2, 0.25) is 0 Å². The summed E-state index contributed by atoms with van der Waals surface area (Å²) in [6.45, 7) is 2.22. The van der Waals surface area contributed by atoms with E-state index in [2.05, 4.69) is 6.92 Å². The second-order valence-electron chi connectivity index (χ2n) is 5.65. The third-order valence-corrected chi connectivity index (χ3v) is 4.03. The van der Waals surface area contributed by atoms with Crippen molar-refractivity contribution in [3.63, 3.8) is 0 Å². The second-order valence-corrected chi connectivity index (χ2v) is 5.65. The predicted octanol–water partition coefficient (Wildman–Crippen LogP) is 3.61. The lowest BCUT2D eigenvalue weighted by Gasteiger charge is -2.24. The first-order valence-electron chi connectivity index (χ1n) is 7.60. The Hall–Kier alpha value is -0.830. The Morgan fingerprint density at radius 3 is 2.42 bits per heavy atom. The molecule has 110 valence electrons. The van der Waals surface area contributed by atoms with Crippen LogP contribution in [-0.2, 0) is 9.53 Å². The molecule has 0 saturated carbocycles. The van der Waals surface area contributed by atoms with E-state index in [-0.39, 0.29) is 5.97 Å². The first-order chi connectivity index (χ1) is 9.14. The zero-order valence-corrected chi connectivity index (χ0v) is 12.4. The number of esters is 1. The molecule has 1 aliphatic carbocycles. The number of carbonyl (C=O) groups excluding carboxylic acids is 1. The molecular formula is C16H28O3. The summed E-state index contributed by atoms with van der Waals surface area (Å²) in [6, 6.07) is 0. The van der Waals surface area contributed by atoms with Gasteiger partial charge in [0.15, 0.2) is 0 Å². The van der Waals surface area contributed by atoms with Gasteiger partial charge in [-0.25, -0.2) is 0 Å². The van der Waals surface area contributed by atoms with Crippen LogP contribution in [0.5, 0.6) is 0 Å². The first kappa shape index (κ1) is 16.2. The van der Waals surface area contributed by atoms with Crippen molar-refractivity contribution in [3.05, 3.63) is 12.2 Å². The summed E-state index contributed by atoms with van der Waals surface area (Å²) in [7, 11) is 1.42. The molecule has 0 aromatic heterocycles. The third kappa shape index (κ3) is 4.98. The SMILES string of the molecule is CCCCCCCCC[C@@]1(C(=O)OC)C=C[C@@H](O)C1. The van der Waals surface area contributed by atoms with E-state index < -0.39 is 11.5 Å². The molecular weight excluding hydrogens is 240 g/mol. The molecule has 0 aromatic rings. The molecule has 2 atom stereocenters. The molecule has 0 fully saturated rings. The highest BCUT2D eigenvalue weighted by molar-refractivity contribution is 5.79. The second kappa shape index (κ2) is 8.36. The maximum Gasteiger partial charge on any atom is 0.315 e. The minimum atomic E-state index is -0.572. The standard InChI is InChI=1S/C16H28O3/c1-3-4-5-6-7-8-9-11-16(15(18)19-2)12-10-14(17)13-16/h10,12,14,17H,3-9,11,13H2,1-2H3/t14-,16-/m1/s1. The largest absolute Gasteiger partial charge is 0.468 e. The maximum absolute atomic E-state index is 11.9. The van der Waals surface area contributed by atoms with Crippen LogP contribution in [0.1, 0.15) is 64.7 Å². The van der Waals surface area contributed by atoms with Crippen molar-refractivity contribution < 1.29 is 14.6 Å². The lowest BCUT2D eigenvalue weighted by molar-refractivity contribution is -0.151. The number of ether oxygens (including phenoxy) is 1. The summed E-state index contributed by atoms with van der Waals surface area (Å²) in [5.74, 6) is -0.203. The van der Waals surface area contributed by atoms with E-state index in [9.17, 15) is 9.90 Å². The Morgan fingerprint density at radius 1 is 1.26 bits per heavy atom. The highest BCUT2D eigenvalue weighted by atomic mass is 16.5. The monoisotopic (exact) mass is 268 g/mol. The van der Waals surface area contributed by atoms with Gasteiger partial charge < -0.3 is 9.84 Å². The molecule has 3 heteroatoms. The van der Waals surface area contributed by atoms with Gasteiger partial charge in [-0.2, -0.15) is 0 Å². The van der Waals surface area contributed by atoms with E-state index in [1.54, 1.807) is 6.08 Å². The number of unbranched alkanes of at least 4 members (excludes halogenated alkanes) is 6. The van der Waals surface area contributed by atoms with Gasteiger partial charge in [-0.3, -0.25) is 4.79 Å². The van der Waals surface area contributed by atoms with Crippen LogP contribution >= 0.6 is 0 Å². The summed E-state index contributed by atoms with van der Waals surface area (Å²) in [5.41, 5.74) is -0.572. The van der Waals surface area contributed by atoms with Crippen molar-refractivity contribution in [2.45, 2.75) is 70.8 Å². The van der Waals surface area contributed by atoms with E-state index >= 15 is 0 Å². The van der Waals surface area contributed by atoms with Gasteiger partial charge in [-0.15, -0.1) is 0 Å². The molecule has 0 amide bonds. The quantitative estimate of drug-likeness (QED) is 0.395. The van der Waals surface area contributed by atoms with E-state index in [0.29, 0.717) is 6.42 Å². The Bertz CT molecular complexity index is 298. The van der Waals surface area contributed by atoms with Crippen LogP contribution < -0.4 is 0 Å². The highest BCUT2D eigenvalue weighted by Crippen LogP contribution is 2.38. The average molecular weight is 268 g/mol. The summed E-state index contributed by atoms with van der Waals surface area (Å²) < 4.78 is 4.89. The molecule has 1 N–H and O–H groups in total. The van der Waals surface area contributed by atoms with Crippen LogP contribution in [0.2, 0.25) is 0 Å². The Balaban J connectivity index is 2.27. The van der Waals surface area contributed by atoms with Crippen LogP contribution in [0, 0.1) is 5.41 Å². The van der Waals surface area contributed by atoms with Crippen LogP contribution in [0.3, 0.4) is 0 Å². The number of rotatable bonds is 9. The van der Waals surface area contributed by atoms with Crippen molar-refractivity contribution >= 4 is 5.97 Å². The highest BCUT2D eigenvalue weighted by Gasteiger charge is 2.41. The van der Waals surface area contributed by atoms with Crippen LogP contribution in [0.25, 0.3) is 0 Å². The average Bonchev–Trinajstić information content (AvgIpc) is 2.79. The number of carbonyl (C=O) groups is 1. The summed E-state index contributed by atoms with van der Waals surface area (Å²) in [6.07, 6.45) is 13.0. The molecule has 1 aliphatic rings. The molecule has 1 rings (SSSR count). The van der Waals surface area contributed by atoms with Crippen molar-refractivity contribution in [2.24, 2.45) is 5.41 Å². The summed E-state index contributed by atoms with van der Waals surface area (Å²) in [5, 5.41) is 9.61. The number of hydrogen-bond donors (Lipinski definition) is 1. The van der Waals surface area contributed by atoms with Gasteiger partial charge in [0, 0.05) is 0 Å². The number of aliphatic hydroxyl groups is 1. The van der Waals surface area contributed by atoms with Gasteiger partial charge in [0.05, 0.1) is 18.6 Å². The fraction of sp³-hybridized carbons (Fsp3) is 0.812. The van der Waals surface area contributed by atoms with Crippen molar-refractivity contribution in [1.29, 1.82) is 0 Å². The molecule has 0 heterocycles. The summed E-state index contributed by atoms with van der Waals surface area (Å²) >= 11 is 0. The fourth-order valence-electron chi connectivity index (χ4n) is 2.84. The van der Waals surface area contributed by atoms with Gasteiger partial charge in [0.1, 0.15) is 0 Å². The molecule has 0 aliphatic heterocycles. The normalized spacial score (nSPS) is 25.7. The smallest absolute Gasteiger partial charge is 0.315 e. The third-order valence-electron chi connectivity index (χ3n) is 4.03. The van der Waals surface area contributed by atoms with Crippen LogP contribution in [0.15, 0.2) is 12.2 Å². The van der Waals surface area contributed by atoms with Crippen molar-refractivity contribution in [2.75, 3.05) is 7.11 Å². The maximum atomic E-state index is 11.9. The Kier molecular flexibility index (Phi) is 7.14. The van der Waals surface area contributed by atoms with E-state index in [1.165, 1.54) is 39.2 Å². The van der Waals surface area contributed by atoms with E-state index in [0.717, 1.165) is 19.3 Å². The Morgan fingerprint density at radius 2 is 1.89 bits per heavy atom. The van der Waals surface area contributed by atoms with Gasteiger partial charge in [0.25, 0.3) is 0 Å². The van der Waals surface area contributed by atoms with Gasteiger partial charge in [-0.05, 0) is 12.8 Å². The van der Waals surface area contributed by atoms with Gasteiger partial charge in [-0.1, -0.05) is 64.0 Å². The zero-order chi connectivity index (χ0) is 14.1. The predicted molar refractivity (Wildman–Crippen MR) is 76.8 cm³/mol. The molecule has 0 aromatic carbocycles. The molecule has 19 heavy (non-hydrogen) atoms. The number of methoxy groups -OCH3 is 1. The lowest BCUT2D eigenvalue weighted by Crippen LogP contribution is -2.30. The molecule has 0 bridgehead atoms. The molecule has 0 unspecified atom stereocenters. The molecule has 0 saturated heterocycles. The summed E-state index contributed by atoms with van der Waals surface area (Å²) in [4.78, 5) is 11.9. The number of aliphatic hydroxyl groups excluding tert-OH is 1. The van der Waals surface area contributed by atoms with E-state index in [4.69, 9.17) is 4.74 Å². The number of hydrogen-bond acceptors (Lipinski definition) is 3. The van der Waals surface area contributed by atoms with Crippen molar-refractivity contribution in [3.8, 4) is 0 Å².